The fourth-order valence-corrected chi connectivity index (χ4v) is 2.32. The molecule has 1 fully saturated rings. The summed E-state index contributed by atoms with van der Waals surface area (Å²) in [6.45, 7) is 7.21. The van der Waals surface area contributed by atoms with Crippen LogP contribution in [0.2, 0.25) is 0 Å². The molecule has 1 aromatic rings. The fourth-order valence-electron chi connectivity index (χ4n) is 2.32. The van der Waals surface area contributed by atoms with E-state index in [9.17, 15) is 10.4 Å². The third kappa shape index (κ3) is 1.46. The highest BCUT2D eigenvalue weighted by molar-refractivity contribution is 5.24. The second kappa shape index (κ2) is 3.80. The Balaban J connectivity index is 2.22. The number of nitrogens with zero attached hydrogens (tertiary/aromatic N) is 4. The quantitative estimate of drug-likeness (QED) is 0.765. The molecule has 1 aromatic carbocycles. The SMILES string of the molecule is CC1(C)N([O])C(=C2N=c3ccccc3=N2)N(O)C1(C)C. The van der Waals surface area contributed by atoms with E-state index in [1.165, 1.54) is 0 Å². The standard InChI is InChI=1S/C14H17N4O2/c1-13(2)14(3,4)18(20)12(17(13)19)11-15-9-7-5-6-8-10(9)16-11/h5-8,19H,1-4H3. The maximum absolute atomic E-state index is 12.5. The second-order valence-corrected chi connectivity index (χ2v) is 6.08. The first kappa shape index (κ1) is 13.1. The van der Waals surface area contributed by atoms with Gasteiger partial charge in [0.1, 0.15) is 0 Å². The molecule has 0 saturated carbocycles. The molecular formula is C14H17N4O2. The zero-order valence-electron chi connectivity index (χ0n) is 12.0. The predicted molar refractivity (Wildman–Crippen MR) is 70.1 cm³/mol. The van der Waals surface area contributed by atoms with Crippen molar-refractivity contribution in [2.24, 2.45) is 9.98 Å². The highest BCUT2D eigenvalue weighted by Gasteiger charge is 2.57. The molecule has 1 saturated heterocycles. The van der Waals surface area contributed by atoms with E-state index in [-0.39, 0.29) is 11.6 Å². The van der Waals surface area contributed by atoms with Crippen LogP contribution in [0.5, 0.6) is 0 Å². The molecule has 0 amide bonds. The molecule has 2 heterocycles. The molecular weight excluding hydrogens is 256 g/mol. The molecule has 105 valence electrons. The van der Waals surface area contributed by atoms with E-state index in [0.29, 0.717) is 10.7 Å². The van der Waals surface area contributed by atoms with Crippen LogP contribution < -0.4 is 10.7 Å². The molecule has 2 aliphatic heterocycles. The lowest BCUT2D eigenvalue weighted by atomic mass is 9.84. The minimum atomic E-state index is -0.788. The Labute approximate surface area is 116 Å². The highest BCUT2D eigenvalue weighted by atomic mass is 16.6. The predicted octanol–water partition coefficient (Wildman–Crippen LogP) is 0.975. The Morgan fingerprint density at radius 2 is 1.50 bits per heavy atom. The van der Waals surface area contributed by atoms with Crippen LogP contribution in [-0.2, 0) is 5.21 Å². The smallest absolute Gasteiger partial charge is 0.202 e. The molecule has 0 bridgehead atoms. The molecule has 6 nitrogen and oxygen atoms in total. The van der Waals surface area contributed by atoms with Crippen molar-refractivity contribution in [1.29, 1.82) is 0 Å². The summed E-state index contributed by atoms with van der Waals surface area (Å²) in [5.74, 6) is 0.346. The van der Waals surface area contributed by atoms with Crippen LogP contribution in [0.4, 0.5) is 0 Å². The molecule has 20 heavy (non-hydrogen) atoms. The van der Waals surface area contributed by atoms with Gasteiger partial charge in [0.25, 0.3) is 0 Å². The Hall–Kier alpha value is -1.92. The summed E-state index contributed by atoms with van der Waals surface area (Å²) in [4.78, 5) is 8.67. The number of benzene rings is 1. The number of hydrogen-bond acceptors (Lipinski definition) is 5. The van der Waals surface area contributed by atoms with Crippen LogP contribution in [0.3, 0.4) is 0 Å². The van der Waals surface area contributed by atoms with Gasteiger partial charge in [0.05, 0.1) is 21.8 Å². The van der Waals surface area contributed by atoms with Gasteiger partial charge in [-0.05, 0) is 39.8 Å². The van der Waals surface area contributed by atoms with E-state index in [2.05, 4.69) is 9.98 Å². The molecule has 3 rings (SSSR count). The molecule has 0 aromatic heterocycles. The van der Waals surface area contributed by atoms with Gasteiger partial charge >= 0.3 is 0 Å². The molecule has 1 radical (unpaired) electrons. The van der Waals surface area contributed by atoms with Crippen LogP contribution in [0.15, 0.2) is 45.9 Å². The van der Waals surface area contributed by atoms with Crippen LogP contribution in [0.1, 0.15) is 27.7 Å². The van der Waals surface area contributed by atoms with E-state index in [0.717, 1.165) is 10.1 Å². The highest BCUT2D eigenvalue weighted by Crippen LogP contribution is 2.44. The molecule has 1 N–H and O–H groups in total. The van der Waals surface area contributed by atoms with Gasteiger partial charge < -0.3 is 0 Å². The van der Waals surface area contributed by atoms with Gasteiger partial charge in [-0.15, -0.1) is 0 Å². The third-order valence-electron chi connectivity index (χ3n) is 4.46. The molecule has 0 unspecified atom stereocenters. The van der Waals surface area contributed by atoms with Crippen LogP contribution in [0.25, 0.3) is 0 Å². The maximum atomic E-state index is 12.5. The van der Waals surface area contributed by atoms with Gasteiger partial charge in [0.15, 0.2) is 5.82 Å². The van der Waals surface area contributed by atoms with E-state index in [1.807, 2.05) is 38.1 Å². The van der Waals surface area contributed by atoms with E-state index >= 15 is 0 Å². The Kier molecular flexibility index (Phi) is 2.49. The molecule has 0 spiro atoms. The van der Waals surface area contributed by atoms with Gasteiger partial charge in [-0.1, -0.05) is 17.3 Å². The first-order valence-corrected chi connectivity index (χ1v) is 6.50. The van der Waals surface area contributed by atoms with Crippen molar-refractivity contribution in [3.05, 3.63) is 46.6 Å². The summed E-state index contributed by atoms with van der Waals surface area (Å²) >= 11 is 0. The summed E-state index contributed by atoms with van der Waals surface area (Å²) in [5, 5.41) is 26.1. The van der Waals surface area contributed by atoms with Crippen molar-refractivity contribution in [3.8, 4) is 0 Å². The maximum Gasteiger partial charge on any atom is 0.202 e. The van der Waals surface area contributed by atoms with Gasteiger partial charge in [-0.3, -0.25) is 5.21 Å². The molecule has 0 atom stereocenters. The molecule has 6 heteroatoms. The van der Waals surface area contributed by atoms with Gasteiger partial charge in [-0.25, -0.2) is 15.0 Å². The van der Waals surface area contributed by atoms with Crippen LogP contribution in [0, 0.1) is 0 Å². The van der Waals surface area contributed by atoms with Crippen molar-refractivity contribution in [3.63, 3.8) is 0 Å². The average molecular weight is 273 g/mol. The summed E-state index contributed by atoms with van der Waals surface area (Å²) in [7, 11) is 0. The van der Waals surface area contributed by atoms with Crippen molar-refractivity contribution >= 4 is 0 Å². The zero-order chi connectivity index (χ0) is 14.7. The van der Waals surface area contributed by atoms with E-state index in [4.69, 9.17) is 0 Å². The Bertz CT molecular complexity index is 662. The van der Waals surface area contributed by atoms with Crippen molar-refractivity contribution < 1.29 is 10.4 Å². The van der Waals surface area contributed by atoms with E-state index in [1.54, 1.807) is 13.8 Å². The minimum Gasteiger partial charge on any atom is -0.286 e. The Morgan fingerprint density at radius 3 is 1.90 bits per heavy atom. The van der Waals surface area contributed by atoms with E-state index < -0.39 is 11.1 Å². The fraction of sp³-hybridized carbons (Fsp3) is 0.429. The van der Waals surface area contributed by atoms with Crippen molar-refractivity contribution in [1.82, 2.24) is 10.1 Å². The summed E-state index contributed by atoms with van der Waals surface area (Å²) in [6.07, 6.45) is 0. The minimum absolute atomic E-state index is 0.0937. The lowest BCUT2D eigenvalue weighted by Gasteiger charge is -2.36. The molecule has 0 aliphatic carbocycles. The van der Waals surface area contributed by atoms with Gasteiger partial charge in [0.2, 0.25) is 5.82 Å². The third-order valence-corrected chi connectivity index (χ3v) is 4.46. The lowest BCUT2D eigenvalue weighted by molar-refractivity contribution is -0.182. The van der Waals surface area contributed by atoms with Crippen LogP contribution in [-0.4, -0.2) is 26.4 Å². The monoisotopic (exact) mass is 273 g/mol. The van der Waals surface area contributed by atoms with Gasteiger partial charge in [-0.2, -0.15) is 5.06 Å². The number of para-hydroxylation sites is 2. The normalized spacial score (nSPS) is 22.7. The van der Waals surface area contributed by atoms with Crippen LogP contribution >= 0.6 is 0 Å². The number of hydroxylamine groups is 4. The number of fused-ring (bicyclic) bond motifs is 1. The summed E-state index contributed by atoms with van der Waals surface area (Å²) in [6, 6.07) is 7.38. The lowest BCUT2D eigenvalue weighted by Crippen LogP contribution is -2.52. The van der Waals surface area contributed by atoms with Gasteiger partial charge in [0, 0.05) is 0 Å². The largest absolute Gasteiger partial charge is 0.286 e. The number of hydrogen-bond donors (Lipinski definition) is 1. The second-order valence-electron chi connectivity index (χ2n) is 6.08. The summed E-state index contributed by atoms with van der Waals surface area (Å²) in [5.41, 5.74) is -1.53. The first-order chi connectivity index (χ1) is 9.26. The zero-order valence-corrected chi connectivity index (χ0v) is 12.0. The molecule has 2 aliphatic rings. The summed E-state index contributed by atoms with van der Waals surface area (Å²) < 4.78 is 0. The first-order valence-electron chi connectivity index (χ1n) is 6.50. The Morgan fingerprint density at radius 1 is 1.00 bits per heavy atom. The number of rotatable bonds is 0. The van der Waals surface area contributed by atoms with Crippen molar-refractivity contribution in [2.75, 3.05) is 0 Å². The average Bonchev–Trinajstić information content (AvgIpc) is 2.85. The topological polar surface area (TPSA) is 71.3 Å². The van der Waals surface area contributed by atoms with Crippen molar-refractivity contribution in [2.45, 2.75) is 38.8 Å².